The number of rotatable bonds is 22. The summed E-state index contributed by atoms with van der Waals surface area (Å²) in [6.07, 6.45) is 28.5. The third kappa shape index (κ3) is 18.2. The Bertz CT molecular complexity index is 902. The second kappa shape index (κ2) is 25.2. The van der Waals surface area contributed by atoms with Crippen LogP contribution in [-0.4, -0.2) is 11.4 Å². The molecular formula is C36H54N2Pd. The Kier molecular flexibility index (Phi) is 22.7. The normalized spacial score (nSPS) is 12.2. The van der Waals surface area contributed by atoms with Gasteiger partial charge in [-0.15, -0.1) is 0 Å². The van der Waals surface area contributed by atoms with Gasteiger partial charge in [-0.2, -0.15) is 0 Å². The summed E-state index contributed by atoms with van der Waals surface area (Å²) in [6.45, 7) is 4.53. The molecule has 0 aromatic heterocycles. The Morgan fingerprint density at radius 3 is 1.46 bits per heavy atom. The third-order valence-corrected chi connectivity index (χ3v) is 7.09. The molecule has 2 rings (SSSR count). The molecule has 0 aliphatic carbocycles. The summed E-state index contributed by atoms with van der Waals surface area (Å²) in [6, 6.07) is 20.6. The van der Waals surface area contributed by atoms with Gasteiger partial charge in [0.15, 0.2) is 0 Å². The summed E-state index contributed by atoms with van der Waals surface area (Å²) in [5.74, 6) is 0. The number of nitrogens with zero attached hydrogens (tertiary/aromatic N) is 2. The van der Waals surface area contributed by atoms with E-state index in [-0.39, 0.29) is 20.4 Å². The van der Waals surface area contributed by atoms with Gasteiger partial charge >= 0.3 is 0 Å². The van der Waals surface area contributed by atoms with E-state index in [2.05, 4.69) is 74.5 Å². The summed E-state index contributed by atoms with van der Waals surface area (Å²) >= 11 is 0. The SMILES string of the molecule is CCCCCCCCCCCCCCCCC=CC(=Nc1ccccc1)C(CCCC)=Nc1ccccc1.[Pd]. The van der Waals surface area contributed by atoms with Gasteiger partial charge in [-0.3, -0.25) is 4.99 Å². The predicted octanol–water partition coefficient (Wildman–Crippen LogP) is 12.1. The number of hydrogen-bond acceptors (Lipinski definition) is 2. The molecule has 0 radical (unpaired) electrons. The number of allylic oxidation sites excluding steroid dienone is 2. The van der Waals surface area contributed by atoms with Gasteiger partial charge in [0.2, 0.25) is 0 Å². The first kappa shape index (κ1) is 35.2. The van der Waals surface area contributed by atoms with E-state index < -0.39 is 0 Å². The van der Waals surface area contributed by atoms with E-state index in [9.17, 15) is 0 Å². The Hall–Kier alpha value is -1.82. The Morgan fingerprint density at radius 1 is 0.538 bits per heavy atom. The topological polar surface area (TPSA) is 24.7 Å². The maximum Gasteiger partial charge on any atom is 0.0848 e. The molecule has 39 heavy (non-hydrogen) atoms. The van der Waals surface area contributed by atoms with Crippen LogP contribution < -0.4 is 0 Å². The predicted molar refractivity (Wildman–Crippen MR) is 171 cm³/mol. The van der Waals surface area contributed by atoms with Crippen molar-refractivity contribution in [1.82, 2.24) is 0 Å². The van der Waals surface area contributed by atoms with Crippen LogP contribution in [0.5, 0.6) is 0 Å². The maximum atomic E-state index is 5.02. The van der Waals surface area contributed by atoms with Gasteiger partial charge < -0.3 is 0 Å². The number of para-hydroxylation sites is 2. The Labute approximate surface area is 254 Å². The van der Waals surface area contributed by atoms with E-state index in [0.29, 0.717) is 0 Å². The monoisotopic (exact) mass is 620 g/mol. The molecule has 0 bridgehead atoms. The Balaban J connectivity index is 0.00000760. The summed E-state index contributed by atoms with van der Waals surface area (Å²) < 4.78 is 0. The molecule has 0 spiro atoms. The van der Waals surface area contributed by atoms with E-state index in [1.165, 1.54) is 89.9 Å². The van der Waals surface area contributed by atoms with Gasteiger partial charge in [0, 0.05) is 20.4 Å². The van der Waals surface area contributed by atoms with Crippen molar-refractivity contribution in [2.24, 2.45) is 9.98 Å². The zero-order valence-corrected chi connectivity index (χ0v) is 26.4. The van der Waals surface area contributed by atoms with Crippen molar-refractivity contribution in [3.63, 3.8) is 0 Å². The molecule has 0 heterocycles. The van der Waals surface area contributed by atoms with Crippen molar-refractivity contribution >= 4 is 22.8 Å². The van der Waals surface area contributed by atoms with Crippen LogP contribution >= 0.6 is 0 Å². The van der Waals surface area contributed by atoms with Crippen LogP contribution in [0.4, 0.5) is 11.4 Å². The molecule has 0 saturated heterocycles. The van der Waals surface area contributed by atoms with Gasteiger partial charge in [-0.25, -0.2) is 4.99 Å². The molecule has 0 atom stereocenters. The van der Waals surface area contributed by atoms with E-state index in [1.54, 1.807) is 0 Å². The van der Waals surface area contributed by atoms with Gasteiger partial charge in [0.25, 0.3) is 0 Å². The summed E-state index contributed by atoms with van der Waals surface area (Å²) in [5, 5.41) is 0. The summed E-state index contributed by atoms with van der Waals surface area (Å²) in [4.78, 5) is 10.0. The smallest absolute Gasteiger partial charge is 0.0848 e. The average Bonchev–Trinajstić information content (AvgIpc) is 2.95. The van der Waals surface area contributed by atoms with Crippen LogP contribution in [0.15, 0.2) is 82.8 Å². The molecule has 218 valence electrons. The molecule has 3 heteroatoms. The molecule has 0 unspecified atom stereocenters. The molecule has 2 aromatic carbocycles. The van der Waals surface area contributed by atoms with E-state index >= 15 is 0 Å². The minimum atomic E-state index is 0. The van der Waals surface area contributed by atoms with Crippen molar-refractivity contribution < 1.29 is 20.4 Å². The zero-order valence-electron chi connectivity index (χ0n) is 24.9. The van der Waals surface area contributed by atoms with Crippen LogP contribution in [0.3, 0.4) is 0 Å². The fourth-order valence-corrected chi connectivity index (χ4v) is 4.74. The zero-order chi connectivity index (χ0) is 26.9. The van der Waals surface area contributed by atoms with Crippen LogP contribution in [0.2, 0.25) is 0 Å². The van der Waals surface area contributed by atoms with Crippen molar-refractivity contribution in [1.29, 1.82) is 0 Å². The van der Waals surface area contributed by atoms with E-state index in [0.717, 1.165) is 48.5 Å². The van der Waals surface area contributed by atoms with Crippen molar-refractivity contribution in [2.75, 3.05) is 0 Å². The molecule has 0 amide bonds. The third-order valence-electron chi connectivity index (χ3n) is 7.09. The standard InChI is InChI=1S/C36H54N2.Pd/c1-3-5-7-8-9-10-11-12-13-14-15-16-17-18-19-26-32-36(38-34-29-24-21-25-30-34)35(31-6-4-2)37-33-27-22-20-23-28-33;/h20-30,32H,3-19,31H2,1-2H3;. The van der Waals surface area contributed by atoms with Crippen molar-refractivity contribution in [2.45, 2.75) is 129 Å². The number of aliphatic imine (C=N–C) groups is 2. The number of hydrogen-bond donors (Lipinski definition) is 0. The summed E-state index contributed by atoms with van der Waals surface area (Å²) in [5.41, 5.74) is 4.07. The van der Waals surface area contributed by atoms with E-state index in [1.807, 2.05) is 12.1 Å². The van der Waals surface area contributed by atoms with Gasteiger partial charge in [0.05, 0.1) is 22.8 Å². The minimum Gasteiger partial charge on any atom is -0.251 e. The van der Waals surface area contributed by atoms with Crippen LogP contribution in [-0.2, 0) is 20.4 Å². The van der Waals surface area contributed by atoms with Gasteiger partial charge in [0.1, 0.15) is 0 Å². The Morgan fingerprint density at radius 2 is 0.974 bits per heavy atom. The number of benzene rings is 2. The quantitative estimate of drug-likeness (QED) is 0.0710. The first-order valence-electron chi connectivity index (χ1n) is 15.8. The first-order valence-corrected chi connectivity index (χ1v) is 15.8. The average molecular weight is 621 g/mol. The second-order valence-corrected chi connectivity index (χ2v) is 10.6. The first-order chi connectivity index (χ1) is 18.8. The second-order valence-electron chi connectivity index (χ2n) is 10.6. The molecule has 0 aliphatic heterocycles. The van der Waals surface area contributed by atoms with Crippen molar-refractivity contribution in [3.05, 3.63) is 72.8 Å². The van der Waals surface area contributed by atoms with Crippen LogP contribution in [0, 0.1) is 0 Å². The molecule has 2 nitrogen and oxygen atoms in total. The van der Waals surface area contributed by atoms with Gasteiger partial charge in [-0.05, 0) is 56.0 Å². The molecule has 2 aromatic rings. The van der Waals surface area contributed by atoms with Gasteiger partial charge in [-0.1, -0.05) is 146 Å². The minimum absolute atomic E-state index is 0. The van der Waals surface area contributed by atoms with Crippen LogP contribution in [0.1, 0.15) is 129 Å². The van der Waals surface area contributed by atoms with E-state index in [4.69, 9.17) is 9.98 Å². The molecular weight excluding hydrogens is 567 g/mol. The molecule has 0 fully saturated rings. The largest absolute Gasteiger partial charge is 0.251 e. The fraction of sp³-hybridized carbons (Fsp3) is 0.556. The molecule has 0 aliphatic rings. The number of unbranched alkanes of at least 4 members (excludes halogenated alkanes) is 15. The van der Waals surface area contributed by atoms with Crippen molar-refractivity contribution in [3.8, 4) is 0 Å². The summed E-state index contributed by atoms with van der Waals surface area (Å²) in [7, 11) is 0. The van der Waals surface area contributed by atoms with Crippen LogP contribution in [0.25, 0.3) is 0 Å². The molecule has 0 N–H and O–H groups in total. The molecule has 0 saturated carbocycles. The maximum absolute atomic E-state index is 5.02. The fourth-order valence-electron chi connectivity index (χ4n) is 4.74.